The summed E-state index contributed by atoms with van der Waals surface area (Å²) in [5, 5.41) is 0. The Labute approximate surface area is 78.1 Å². The maximum atomic E-state index is 11.4. The van der Waals surface area contributed by atoms with Crippen LogP contribution in [0.25, 0.3) is 0 Å². The van der Waals surface area contributed by atoms with Gasteiger partial charge in [-0.3, -0.25) is 9.59 Å². The van der Waals surface area contributed by atoms with E-state index in [0.29, 0.717) is 12.8 Å². The van der Waals surface area contributed by atoms with Crippen molar-refractivity contribution in [3.8, 4) is 0 Å². The zero-order chi connectivity index (χ0) is 10.0. The quantitative estimate of drug-likeness (QED) is 0.684. The van der Waals surface area contributed by atoms with Crippen LogP contribution in [0.15, 0.2) is 0 Å². The maximum absolute atomic E-state index is 11.4. The second-order valence-electron chi connectivity index (χ2n) is 3.52. The molecule has 2 atom stereocenters. The van der Waals surface area contributed by atoms with Crippen LogP contribution in [0.4, 0.5) is 0 Å². The minimum atomic E-state index is -0.412. The Morgan fingerprint density at radius 3 is 2.69 bits per heavy atom. The average Bonchev–Trinajstić information content (AvgIpc) is 2.36. The topological polar surface area (TPSA) is 63.4 Å². The van der Waals surface area contributed by atoms with Crippen molar-refractivity contribution in [2.45, 2.75) is 45.2 Å². The highest BCUT2D eigenvalue weighted by atomic mass is 16.2. The lowest BCUT2D eigenvalue weighted by atomic mass is 10.1. The summed E-state index contributed by atoms with van der Waals surface area (Å²) in [5.41, 5.74) is 5.22. The van der Waals surface area contributed by atoms with Crippen LogP contribution in [-0.2, 0) is 9.59 Å². The first-order chi connectivity index (χ1) is 6.07. The molecule has 0 aliphatic carbocycles. The van der Waals surface area contributed by atoms with E-state index in [0.717, 1.165) is 6.42 Å². The molecule has 2 N–H and O–H groups in total. The molecule has 1 aliphatic rings. The van der Waals surface area contributed by atoms with Gasteiger partial charge >= 0.3 is 0 Å². The fourth-order valence-corrected chi connectivity index (χ4v) is 1.86. The van der Waals surface area contributed by atoms with Crippen molar-refractivity contribution in [3.63, 3.8) is 0 Å². The Balaban J connectivity index is 2.77. The lowest BCUT2D eigenvalue weighted by molar-refractivity contribution is -0.137. The molecular formula is C9H16N2O2. The van der Waals surface area contributed by atoms with Gasteiger partial charge in [-0.1, -0.05) is 6.92 Å². The molecule has 1 aliphatic heterocycles. The van der Waals surface area contributed by atoms with Gasteiger partial charge in [0.15, 0.2) is 0 Å². The van der Waals surface area contributed by atoms with Crippen LogP contribution in [0, 0.1) is 0 Å². The Bertz CT molecular complexity index is 228. The molecule has 74 valence electrons. The number of amides is 2. The lowest BCUT2D eigenvalue weighted by Gasteiger charge is -2.28. The number of carbonyl (C=O) groups excluding carboxylic acids is 2. The van der Waals surface area contributed by atoms with Crippen molar-refractivity contribution in [1.29, 1.82) is 0 Å². The van der Waals surface area contributed by atoms with E-state index in [2.05, 4.69) is 0 Å². The zero-order valence-electron chi connectivity index (χ0n) is 8.12. The molecule has 1 heterocycles. The molecule has 2 amide bonds. The summed E-state index contributed by atoms with van der Waals surface area (Å²) < 4.78 is 0. The average molecular weight is 184 g/mol. The summed E-state index contributed by atoms with van der Waals surface area (Å²) in [6.07, 6.45) is 1.99. The summed E-state index contributed by atoms with van der Waals surface area (Å²) >= 11 is 0. The number of hydrogen-bond donors (Lipinski definition) is 1. The van der Waals surface area contributed by atoms with Gasteiger partial charge in [0, 0.05) is 12.5 Å². The second kappa shape index (κ2) is 3.77. The third kappa shape index (κ3) is 1.82. The van der Waals surface area contributed by atoms with Crippen LogP contribution >= 0.6 is 0 Å². The lowest BCUT2D eigenvalue weighted by Crippen LogP contribution is -2.47. The van der Waals surface area contributed by atoms with E-state index >= 15 is 0 Å². The Hall–Kier alpha value is -1.06. The number of nitrogens with two attached hydrogens (primary N) is 1. The van der Waals surface area contributed by atoms with Gasteiger partial charge in [0.05, 0.1) is 0 Å². The number of primary amides is 1. The van der Waals surface area contributed by atoms with Gasteiger partial charge in [0.2, 0.25) is 11.8 Å². The first-order valence-electron chi connectivity index (χ1n) is 4.68. The number of likely N-dealkylation sites (tertiary alicyclic amines) is 1. The highest BCUT2D eigenvalue weighted by molar-refractivity contribution is 5.87. The van der Waals surface area contributed by atoms with E-state index < -0.39 is 11.9 Å². The standard InChI is InChI=1S/C9H16N2O2/c1-3-7(9(10)13)11-6(2)4-5-8(11)12/h6-7H,3-5H2,1-2H3,(H2,10,13)/t6-,7+/m0/s1. The molecule has 0 bridgehead atoms. The number of rotatable bonds is 3. The van der Waals surface area contributed by atoms with Crippen molar-refractivity contribution < 1.29 is 9.59 Å². The Morgan fingerprint density at radius 1 is 1.77 bits per heavy atom. The fraction of sp³-hybridized carbons (Fsp3) is 0.778. The molecule has 0 saturated carbocycles. The Morgan fingerprint density at radius 2 is 2.38 bits per heavy atom. The molecule has 1 saturated heterocycles. The van der Waals surface area contributed by atoms with Crippen molar-refractivity contribution in [2.75, 3.05) is 0 Å². The zero-order valence-corrected chi connectivity index (χ0v) is 8.12. The molecule has 0 aromatic carbocycles. The van der Waals surface area contributed by atoms with Crippen molar-refractivity contribution in [1.82, 2.24) is 4.90 Å². The van der Waals surface area contributed by atoms with E-state index in [9.17, 15) is 9.59 Å². The normalized spacial score (nSPS) is 24.9. The SMILES string of the molecule is CC[C@H](C(N)=O)N1C(=O)CC[C@@H]1C. The maximum Gasteiger partial charge on any atom is 0.240 e. The second-order valence-corrected chi connectivity index (χ2v) is 3.52. The van der Waals surface area contributed by atoms with E-state index in [4.69, 9.17) is 5.73 Å². The minimum absolute atomic E-state index is 0.0538. The van der Waals surface area contributed by atoms with Crippen LogP contribution < -0.4 is 5.73 Å². The summed E-state index contributed by atoms with van der Waals surface area (Å²) in [4.78, 5) is 24.1. The molecular weight excluding hydrogens is 168 g/mol. The van der Waals surface area contributed by atoms with Crippen LogP contribution in [0.3, 0.4) is 0 Å². The third-order valence-corrected chi connectivity index (χ3v) is 2.59. The number of hydrogen-bond acceptors (Lipinski definition) is 2. The monoisotopic (exact) mass is 184 g/mol. The van der Waals surface area contributed by atoms with Gasteiger partial charge in [-0.15, -0.1) is 0 Å². The van der Waals surface area contributed by atoms with Gasteiger partial charge in [-0.25, -0.2) is 0 Å². The van der Waals surface area contributed by atoms with Crippen molar-refractivity contribution in [3.05, 3.63) is 0 Å². The van der Waals surface area contributed by atoms with Gasteiger partial charge in [0.25, 0.3) is 0 Å². The summed E-state index contributed by atoms with van der Waals surface area (Å²) in [7, 11) is 0. The van der Waals surface area contributed by atoms with Gasteiger partial charge in [-0.05, 0) is 19.8 Å². The molecule has 0 aromatic heterocycles. The highest BCUT2D eigenvalue weighted by Crippen LogP contribution is 2.22. The van der Waals surface area contributed by atoms with Gasteiger partial charge in [0.1, 0.15) is 6.04 Å². The number of nitrogens with zero attached hydrogens (tertiary/aromatic N) is 1. The molecule has 1 rings (SSSR count). The largest absolute Gasteiger partial charge is 0.368 e. The molecule has 0 aromatic rings. The molecule has 1 fully saturated rings. The third-order valence-electron chi connectivity index (χ3n) is 2.59. The van der Waals surface area contributed by atoms with E-state index in [1.165, 1.54) is 0 Å². The van der Waals surface area contributed by atoms with Crippen molar-refractivity contribution >= 4 is 11.8 Å². The predicted molar refractivity (Wildman–Crippen MR) is 48.8 cm³/mol. The molecule has 4 heteroatoms. The Kier molecular flexibility index (Phi) is 2.90. The molecule has 0 spiro atoms. The summed E-state index contributed by atoms with van der Waals surface area (Å²) in [6, 6.07) is -0.255. The van der Waals surface area contributed by atoms with Crippen molar-refractivity contribution in [2.24, 2.45) is 5.73 Å². The van der Waals surface area contributed by atoms with E-state index in [1.807, 2.05) is 13.8 Å². The first-order valence-corrected chi connectivity index (χ1v) is 4.68. The molecule has 0 radical (unpaired) electrons. The molecule has 0 unspecified atom stereocenters. The minimum Gasteiger partial charge on any atom is -0.368 e. The predicted octanol–water partition coefficient (Wildman–Crippen LogP) is 0.261. The first kappa shape index (κ1) is 10.0. The highest BCUT2D eigenvalue weighted by Gasteiger charge is 2.35. The number of carbonyl (C=O) groups is 2. The van der Waals surface area contributed by atoms with Gasteiger partial charge in [-0.2, -0.15) is 0 Å². The van der Waals surface area contributed by atoms with Crippen LogP contribution in [0.5, 0.6) is 0 Å². The summed E-state index contributed by atoms with van der Waals surface area (Å²) in [6.45, 7) is 3.82. The molecule has 4 nitrogen and oxygen atoms in total. The smallest absolute Gasteiger partial charge is 0.240 e. The van der Waals surface area contributed by atoms with Gasteiger partial charge < -0.3 is 10.6 Å². The van der Waals surface area contributed by atoms with E-state index in [1.54, 1.807) is 4.90 Å². The fourth-order valence-electron chi connectivity index (χ4n) is 1.86. The van der Waals surface area contributed by atoms with Crippen LogP contribution in [0.1, 0.15) is 33.1 Å². The molecule has 13 heavy (non-hydrogen) atoms. The van der Waals surface area contributed by atoms with E-state index in [-0.39, 0.29) is 11.9 Å². The van der Waals surface area contributed by atoms with Crippen LogP contribution in [0.2, 0.25) is 0 Å². The van der Waals surface area contributed by atoms with Crippen LogP contribution in [-0.4, -0.2) is 28.8 Å². The summed E-state index contributed by atoms with van der Waals surface area (Å²) in [5.74, 6) is -0.345.